The Hall–Kier alpha value is -1.92. The second-order valence-corrected chi connectivity index (χ2v) is 7.24. The van der Waals surface area contributed by atoms with Crippen molar-refractivity contribution in [3.05, 3.63) is 45.9 Å². The molecule has 2 heterocycles. The first kappa shape index (κ1) is 17.9. The van der Waals surface area contributed by atoms with Gasteiger partial charge in [0.2, 0.25) is 5.91 Å². The summed E-state index contributed by atoms with van der Waals surface area (Å²) in [6.45, 7) is 2.67. The third-order valence-electron chi connectivity index (χ3n) is 4.36. The van der Waals surface area contributed by atoms with Crippen LogP contribution in [0.5, 0.6) is 0 Å². The van der Waals surface area contributed by atoms with E-state index in [0.717, 1.165) is 24.9 Å². The van der Waals surface area contributed by atoms with Gasteiger partial charge in [-0.1, -0.05) is 37.4 Å². The molecule has 0 N–H and O–H groups in total. The molecule has 0 saturated carbocycles. The molecule has 1 fully saturated rings. The van der Waals surface area contributed by atoms with Crippen LogP contribution in [0, 0.1) is 0 Å². The van der Waals surface area contributed by atoms with Gasteiger partial charge in [0.15, 0.2) is 0 Å². The second kappa shape index (κ2) is 7.97. The van der Waals surface area contributed by atoms with Gasteiger partial charge in [0.05, 0.1) is 11.6 Å². The molecule has 1 atom stereocenters. The molecule has 132 valence electrons. The molecule has 3 rings (SSSR count). The Bertz CT molecular complexity index is 751. The van der Waals surface area contributed by atoms with Crippen LogP contribution in [0.2, 0.25) is 5.02 Å². The van der Waals surface area contributed by atoms with Crippen LogP contribution in [0.4, 0.5) is 5.69 Å². The van der Waals surface area contributed by atoms with Gasteiger partial charge in [0.25, 0.3) is 5.91 Å². The zero-order valence-electron chi connectivity index (χ0n) is 14.0. The predicted octanol–water partition coefficient (Wildman–Crippen LogP) is 3.84. The first-order chi connectivity index (χ1) is 12.1. The lowest BCUT2D eigenvalue weighted by Gasteiger charge is -2.41. The van der Waals surface area contributed by atoms with E-state index < -0.39 is 0 Å². The molecule has 1 aliphatic heterocycles. The third kappa shape index (κ3) is 4.02. The summed E-state index contributed by atoms with van der Waals surface area (Å²) >= 11 is 7.45. The van der Waals surface area contributed by atoms with Crippen LogP contribution in [0.25, 0.3) is 0 Å². The van der Waals surface area contributed by atoms with Crippen LogP contribution in [0.3, 0.4) is 0 Å². The lowest BCUT2D eigenvalue weighted by atomic mass is 10.0. The standard InChI is InChI=1S/C18H20ClN3O2S/c1-2-3-6-15-9-21(14-7-4-5-13(19)8-14)17(23)10-22(15)18(24)16-11-25-12-20-16/h4-5,7-8,11-12,15H,2-3,6,9-10H2,1H3. The quantitative estimate of drug-likeness (QED) is 0.795. The van der Waals surface area contributed by atoms with Gasteiger partial charge in [-0.3, -0.25) is 9.59 Å². The van der Waals surface area contributed by atoms with Crippen molar-refractivity contribution in [3.63, 3.8) is 0 Å². The molecule has 7 heteroatoms. The molecular weight excluding hydrogens is 358 g/mol. The fraction of sp³-hybridized carbons (Fsp3) is 0.389. The van der Waals surface area contributed by atoms with Crippen molar-refractivity contribution in [1.29, 1.82) is 0 Å². The molecule has 5 nitrogen and oxygen atoms in total. The molecule has 0 aliphatic carbocycles. The maximum absolute atomic E-state index is 12.8. The Morgan fingerprint density at radius 3 is 2.96 bits per heavy atom. The maximum Gasteiger partial charge on any atom is 0.274 e. The fourth-order valence-electron chi connectivity index (χ4n) is 3.05. The van der Waals surface area contributed by atoms with E-state index in [1.807, 2.05) is 12.1 Å². The number of hydrogen-bond acceptors (Lipinski definition) is 4. The number of carbonyl (C=O) groups is 2. The van der Waals surface area contributed by atoms with Gasteiger partial charge in [-0.2, -0.15) is 0 Å². The number of halogens is 1. The number of hydrogen-bond donors (Lipinski definition) is 0. The number of amides is 2. The maximum atomic E-state index is 12.8. The lowest BCUT2D eigenvalue weighted by molar-refractivity contribution is -0.121. The number of nitrogens with zero attached hydrogens (tertiary/aromatic N) is 3. The van der Waals surface area contributed by atoms with Gasteiger partial charge < -0.3 is 9.80 Å². The Morgan fingerprint density at radius 2 is 2.28 bits per heavy atom. The van der Waals surface area contributed by atoms with E-state index >= 15 is 0 Å². The first-order valence-electron chi connectivity index (χ1n) is 8.35. The van der Waals surface area contributed by atoms with Crippen LogP contribution in [0.15, 0.2) is 35.2 Å². The van der Waals surface area contributed by atoms with Gasteiger partial charge in [0, 0.05) is 22.6 Å². The molecule has 0 spiro atoms. The number of aromatic nitrogens is 1. The van der Waals surface area contributed by atoms with Gasteiger partial charge in [-0.05, 0) is 24.6 Å². The Balaban J connectivity index is 1.84. The van der Waals surface area contributed by atoms with E-state index in [0.29, 0.717) is 17.3 Å². The number of piperazine rings is 1. The Labute approximate surface area is 156 Å². The van der Waals surface area contributed by atoms with Crippen LogP contribution < -0.4 is 4.90 Å². The minimum Gasteiger partial charge on any atom is -0.323 e. The highest BCUT2D eigenvalue weighted by molar-refractivity contribution is 7.07. The van der Waals surface area contributed by atoms with Gasteiger partial charge in [-0.15, -0.1) is 11.3 Å². The number of unbranched alkanes of at least 4 members (excludes halogenated alkanes) is 1. The zero-order chi connectivity index (χ0) is 17.8. The summed E-state index contributed by atoms with van der Waals surface area (Å²) in [7, 11) is 0. The molecule has 25 heavy (non-hydrogen) atoms. The van der Waals surface area contributed by atoms with E-state index in [9.17, 15) is 9.59 Å². The van der Waals surface area contributed by atoms with Crippen LogP contribution in [-0.4, -0.2) is 40.8 Å². The van der Waals surface area contributed by atoms with E-state index in [1.54, 1.807) is 32.8 Å². The molecular formula is C18H20ClN3O2S. The highest BCUT2D eigenvalue weighted by Crippen LogP contribution is 2.26. The first-order valence-corrected chi connectivity index (χ1v) is 9.67. The summed E-state index contributed by atoms with van der Waals surface area (Å²) in [6.07, 6.45) is 2.90. The summed E-state index contributed by atoms with van der Waals surface area (Å²) in [4.78, 5) is 32.9. The molecule has 0 bridgehead atoms. The smallest absolute Gasteiger partial charge is 0.274 e. The van der Waals surface area contributed by atoms with Crippen molar-refractivity contribution in [1.82, 2.24) is 9.88 Å². The normalized spacial score (nSPS) is 17.8. The molecule has 1 aliphatic rings. The third-order valence-corrected chi connectivity index (χ3v) is 5.19. The topological polar surface area (TPSA) is 53.5 Å². The van der Waals surface area contributed by atoms with Gasteiger partial charge in [-0.25, -0.2) is 4.98 Å². The van der Waals surface area contributed by atoms with Gasteiger partial charge in [0.1, 0.15) is 12.2 Å². The number of carbonyl (C=O) groups excluding carboxylic acids is 2. The number of benzene rings is 1. The van der Waals surface area contributed by atoms with Gasteiger partial charge >= 0.3 is 0 Å². The number of rotatable bonds is 5. The fourth-order valence-corrected chi connectivity index (χ4v) is 3.76. The van der Waals surface area contributed by atoms with Crippen molar-refractivity contribution in [2.45, 2.75) is 32.2 Å². The molecule has 1 aromatic heterocycles. The summed E-state index contributed by atoms with van der Waals surface area (Å²) < 4.78 is 0. The van der Waals surface area contributed by atoms with E-state index in [1.165, 1.54) is 11.3 Å². The largest absolute Gasteiger partial charge is 0.323 e. The van der Waals surface area contributed by atoms with Crippen molar-refractivity contribution >= 4 is 40.4 Å². The second-order valence-electron chi connectivity index (χ2n) is 6.09. The SMILES string of the molecule is CCCCC1CN(c2cccc(Cl)c2)C(=O)CN1C(=O)c1cscn1. The van der Waals surface area contributed by atoms with E-state index in [-0.39, 0.29) is 24.4 Å². The molecule has 2 aromatic rings. The molecule has 2 amide bonds. The highest BCUT2D eigenvalue weighted by atomic mass is 35.5. The summed E-state index contributed by atoms with van der Waals surface area (Å²) in [5.41, 5.74) is 2.83. The number of anilines is 1. The van der Waals surface area contributed by atoms with Crippen LogP contribution in [-0.2, 0) is 4.79 Å². The monoisotopic (exact) mass is 377 g/mol. The average molecular weight is 378 g/mol. The average Bonchev–Trinajstić information content (AvgIpc) is 3.14. The van der Waals surface area contributed by atoms with E-state index in [4.69, 9.17) is 11.6 Å². The zero-order valence-corrected chi connectivity index (χ0v) is 15.6. The van der Waals surface area contributed by atoms with E-state index in [2.05, 4.69) is 11.9 Å². The van der Waals surface area contributed by atoms with Crippen LogP contribution >= 0.6 is 22.9 Å². The highest BCUT2D eigenvalue weighted by Gasteiger charge is 2.36. The Kier molecular flexibility index (Phi) is 5.71. The molecule has 1 aromatic carbocycles. The van der Waals surface area contributed by atoms with Crippen molar-refractivity contribution < 1.29 is 9.59 Å². The van der Waals surface area contributed by atoms with Crippen molar-refractivity contribution in [2.24, 2.45) is 0 Å². The predicted molar refractivity (Wildman–Crippen MR) is 100 cm³/mol. The van der Waals surface area contributed by atoms with Crippen LogP contribution in [0.1, 0.15) is 36.7 Å². The minimum absolute atomic E-state index is 0.0224. The lowest BCUT2D eigenvalue weighted by Crippen LogP contribution is -2.58. The molecule has 0 radical (unpaired) electrons. The van der Waals surface area contributed by atoms with Crippen molar-refractivity contribution in [3.8, 4) is 0 Å². The Morgan fingerprint density at radius 1 is 1.44 bits per heavy atom. The molecule has 1 saturated heterocycles. The summed E-state index contributed by atoms with van der Waals surface area (Å²) in [5, 5.41) is 2.32. The van der Waals surface area contributed by atoms with Crippen molar-refractivity contribution in [2.75, 3.05) is 18.0 Å². The summed E-state index contributed by atoms with van der Waals surface area (Å²) in [5.74, 6) is -0.264. The minimum atomic E-state index is -0.165. The summed E-state index contributed by atoms with van der Waals surface area (Å²) in [6, 6.07) is 7.25. The number of thiazole rings is 1. The molecule has 1 unspecified atom stereocenters.